The summed E-state index contributed by atoms with van der Waals surface area (Å²) >= 11 is 0. The van der Waals surface area contributed by atoms with Gasteiger partial charge in [-0.1, -0.05) is 6.07 Å². The third-order valence-electron chi connectivity index (χ3n) is 4.58. The van der Waals surface area contributed by atoms with Gasteiger partial charge < -0.3 is 14.7 Å². The lowest BCUT2D eigenvalue weighted by Gasteiger charge is -2.17. The van der Waals surface area contributed by atoms with Gasteiger partial charge in [-0.25, -0.2) is 9.18 Å². The smallest absolute Gasteiger partial charge is 0.352 e. The van der Waals surface area contributed by atoms with Crippen LogP contribution in [0.5, 0.6) is 5.88 Å². The van der Waals surface area contributed by atoms with Crippen LogP contribution in [0.4, 0.5) is 10.2 Å². The van der Waals surface area contributed by atoms with Crippen molar-refractivity contribution in [3.63, 3.8) is 0 Å². The van der Waals surface area contributed by atoms with E-state index in [0.717, 1.165) is 0 Å². The Labute approximate surface area is 142 Å². The second-order valence-electron chi connectivity index (χ2n) is 6.26. The minimum absolute atomic E-state index is 0.0584. The molecular weight excluding hydrogens is 327 g/mol. The van der Waals surface area contributed by atoms with Gasteiger partial charge in [-0.2, -0.15) is 10.2 Å². The average Bonchev–Trinajstić information content (AvgIpc) is 3.11. The summed E-state index contributed by atoms with van der Waals surface area (Å²) in [5.41, 5.74) is 0.153. The highest BCUT2D eigenvalue weighted by atomic mass is 19.1. The normalized spacial score (nSPS) is 20.9. The van der Waals surface area contributed by atoms with Gasteiger partial charge in [0.25, 0.3) is 0 Å². The van der Waals surface area contributed by atoms with Crippen LogP contribution in [0.3, 0.4) is 0 Å². The molecule has 1 N–H and O–H groups in total. The lowest BCUT2D eigenvalue weighted by molar-refractivity contribution is 0.192. The first-order valence-corrected chi connectivity index (χ1v) is 7.93. The molecule has 25 heavy (non-hydrogen) atoms. The molecule has 0 bridgehead atoms. The van der Waals surface area contributed by atoms with Gasteiger partial charge in [0.1, 0.15) is 24.3 Å². The standard InChI is InChI=1S/C17H15FN4O3/c18-14-2-1-10(3-11(14)6-19)9-25-15-5-16-21-8-13(23)4-12(21)7-22(16)17(24)20-15/h1-3,5,12-13,23H,4,7-9H2/t12-,13+/m1/s1. The third-order valence-corrected chi connectivity index (χ3v) is 4.58. The molecule has 128 valence electrons. The summed E-state index contributed by atoms with van der Waals surface area (Å²) < 4.78 is 20.5. The Balaban J connectivity index is 1.56. The van der Waals surface area contributed by atoms with Gasteiger partial charge in [-0.3, -0.25) is 4.57 Å². The monoisotopic (exact) mass is 342 g/mol. The lowest BCUT2D eigenvalue weighted by Crippen LogP contribution is -2.25. The predicted octanol–water partition coefficient (Wildman–Crippen LogP) is 0.786. The summed E-state index contributed by atoms with van der Waals surface area (Å²) in [6, 6.07) is 7.69. The van der Waals surface area contributed by atoms with E-state index in [2.05, 4.69) is 4.98 Å². The summed E-state index contributed by atoms with van der Waals surface area (Å²) in [7, 11) is 0. The highest BCUT2D eigenvalue weighted by molar-refractivity contribution is 5.48. The van der Waals surface area contributed by atoms with Gasteiger partial charge in [-0.05, 0) is 24.1 Å². The van der Waals surface area contributed by atoms with E-state index < -0.39 is 17.6 Å². The summed E-state index contributed by atoms with van der Waals surface area (Å²) in [6.45, 7) is 1.07. The van der Waals surface area contributed by atoms with E-state index in [1.165, 1.54) is 18.2 Å². The molecule has 0 amide bonds. The fourth-order valence-corrected chi connectivity index (χ4v) is 3.42. The van der Waals surface area contributed by atoms with Crippen molar-refractivity contribution in [1.82, 2.24) is 9.55 Å². The zero-order chi connectivity index (χ0) is 17.6. The van der Waals surface area contributed by atoms with E-state index in [4.69, 9.17) is 10.00 Å². The molecule has 3 heterocycles. The third kappa shape index (κ3) is 2.72. The van der Waals surface area contributed by atoms with E-state index in [-0.39, 0.29) is 24.1 Å². The van der Waals surface area contributed by atoms with E-state index >= 15 is 0 Å². The van der Waals surface area contributed by atoms with Crippen LogP contribution in [0.2, 0.25) is 0 Å². The number of aromatic nitrogens is 2. The van der Waals surface area contributed by atoms with Crippen LogP contribution in [0.15, 0.2) is 29.1 Å². The molecule has 8 heteroatoms. The molecule has 0 saturated carbocycles. The first-order chi connectivity index (χ1) is 12.0. The molecule has 0 spiro atoms. The van der Waals surface area contributed by atoms with E-state index in [0.29, 0.717) is 30.9 Å². The molecular formula is C17H15FN4O3. The van der Waals surface area contributed by atoms with Crippen LogP contribution in [0.25, 0.3) is 0 Å². The predicted molar refractivity (Wildman–Crippen MR) is 85.7 cm³/mol. The quantitative estimate of drug-likeness (QED) is 0.887. The Bertz CT molecular complexity index is 936. The SMILES string of the molecule is N#Cc1cc(COc2cc3n(c(=O)n2)C[C@H]2C[C@H](O)CN32)ccc1F. The minimum atomic E-state index is -0.584. The molecule has 0 unspecified atom stereocenters. The number of fused-ring (bicyclic) bond motifs is 3. The number of anilines is 1. The molecule has 1 aromatic heterocycles. The summed E-state index contributed by atoms with van der Waals surface area (Å²) in [5.74, 6) is 0.272. The molecule has 2 atom stereocenters. The number of ether oxygens (including phenoxy) is 1. The fourth-order valence-electron chi connectivity index (χ4n) is 3.42. The fraction of sp³-hybridized carbons (Fsp3) is 0.353. The minimum Gasteiger partial charge on any atom is -0.473 e. The Kier molecular flexibility index (Phi) is 3.66. The van der Waals surface area contributed by atoms with Gasteiger partial charge in [0.15, 0.2) is 0 Å². The van der Waals surface area contributed by atoms with Crippen molar-refractivity contribution in [2.24, 2.45) is 0 Å². The van der Waals surface area contributed by atoms with Gasteiger partial charge >= 0.3 is 5.69 Å². The first kappa shape index (κ1) is 15.6. The highest BCUT2D eigenvalue weighted by Gasteiger charge is 2.38. The van der Waals surface area contributed by atoms with Crippen molar-refractivity contribution in [2.75, 3.05) is 11.4 Å². The van der Waals surface area contributed by atoms with Crippen LogP contribution in [-0.2, 0) is 13.2 Å². The first-order valence-electron chi connectivity index (χ1n) is 7.93. The van der Waals surface area contributed by atoms with Crippen LogP contribution >= 0.6 is 0 Å². The molecule has 4 rings (SSSR count). The number of aliphatic hydroxyl groups excluding tert-OH is 1. The van der Waals surface area contributed by atoms with Crippen molar-refractivity contribution in [1.29, 1.82) is 5.26 Å². The van der Waals surface area contributed by atoms with Crippen LogP contribution in [-0.4, -0.2) is 33.3 Å². The number of rotatable bonds is 3. The number of nitrogens with zero attached hydrogens (tertiary/aromatic N) is 4. The van der Waals surface area contributed by atoms with Crippen molar-refractivity contribution >= 4 is 5.82 Å². The molecule has 0 radical (unpaired) electrons. The zero-order valence-corrected chi connectivity index (χ0v) is 13.2. The molecule has 2 aliphatic heterocycles. The van der Waals surface area contributed by atoms with Crippen molar-refractivity contribution < 1.29 is 14.2 Å². The van der Waals surface area contributed by atoms with Gasteiger partial charge in [0.2, 0.25) is 5.88 Å². The Morgan fingerprint density at radius 2 is 2.24 bits per heavy atom. The van der Waals surface area contributed by atoms with Crippen molar-refractivity contribution in [2.45, 2.75) is 31.7 Å². The second-order valence-corrected chi connectivity index (χ2v) is 6.26. The van der Waals surface area contributed by atoms with E-state index in [1.54, 1.807) is 16.7 Å². The zero-order valence-electron chi connectivity index (χ0n) is 13.2. The molecule has 1 fully saturated rings. The molecule has 7 nitrogen and oxygen atoms in total. The molecule has 1 saturated heterocycles. The summed E-state index contributed by atoms with van der Waals surface area (Å²) in [4.78, 5) is 18.1. The van der Waals surface area contributed by atoms with Crippen LogP contribution < -0.4 is 15.3 Å². The number of hydrogen-bond donors (Lipinski definition) is 1. The number of nitriles is 1. The number of benzene rings is 1. The maximum absolute atomic E-state index is 13.3. The lowest BCUT2D eigenvalue weighted by atomic mass is 10.1. The topological polar surface area (TPSA) is 91.4 Å². The number of halogens is 1. The summed E-state index contributed by atoms with van der Waals surface area (Å²) in [5, 5.41) is 18.7. The molecule has 1 aromatic carbocycles. The van der Waals surface area contributed by atoms with Gasteiger partial charge in [0.05, 0.1) is 17.7 Å². The Morgan fingerprint density at radius 1 is 1.40 bits per heavy atom. The average molecular weight is 342 g/mol. The van der Waals surface area contributed by atoms with Crippen molar-refractivity contribution in [3.8, 4) is 11.9 Å². The number of hydrogen-bond acceptors (Lipinski definition) is 6. The van der Waals surface area contributed by atoms with Crippen LogP contribution in [0.1, 0.15) is 17.5 Å². The molecule has 0 aliphatic carbocycles. The maximum atomic E-state index is 13.3. The van der Waals surface area contributed by atoms with Gasteiger partial charge in [0, 0.05) is 19.2 Å². The van der Waals surface area contributed by atoms with Crippen molar-refractivity contribution in [3.05, 3.63) is 51.7 Å². The van der Waals surface area contributed by atoms with Gasteiger partial charge in [-0.15, -0.1) is 0 Å². The molecule has 2 aliphatic rings. The van der Waals surface area contributed by atoms with E-state index in [1.807, 2.05) is 4.90 Å². The Hall–Kier alpha value is -2.92. The van der Waals surface area contributed by atoms with Crippen LogP contribution in [0, 0.1) is 17.1 Å². The largest absolute Gasteiger partial charge is 0.473 e. The van der Waals surface area contributed by atoms with E-state index in [9.17, 15) is 14.3 Å². The molecule has 2 aromatic rings. The number of aliphatic hydroxyl groups is 1. The second kappa shape index (κ2) is 5.86. The summed E-state index contributed by atoms with van der Waals surface area (Å²) in [6.07, 6.45) is 0.235. The highest BCUT2D eigenvalue weighted by Crippen LogP contribution is 2.33. The Morgan fingerprint density at radius 3 is 3.04 bits per heavy atom. The maximum Gasteiger partial charge on any atom is 0.352 e.